The number of hydrogen-bond acceptors (Lipinski definition) is 4. The second kappa shape index (κ2) is 5.71. The summed E-state index contributed by atoms with van der Waals surface area (Å²) in [6.45, 7) is 2.03. The van der Waals surface area contributed by atoms with Crippen molar-refractivity contribution in [3.8, 4) is 0 Å². The normalized spacial score (nSPS) is 12.6. The molecule has 0 amide bonds. The molecule has 2 heterocycles. The lowest BCUT2D eigenvalue weighted by atomic mass is 10.1. The summed E-state index contributed by atoms with van der Waals surface area (Å²) in [5, 5.41) is 4.43. The maximum absolute atomic E-state index is 4.30. The SMILES string of the molecule is CNC(Cc1cncc(Br)c1)c1cnc(C)s1. The highest BCUT2D eigenvalue weighted by Gasteiger charge is 2.13. The molecule has 0 saturated heterocycles. The van der Waals surface area contributed by atoms with Crippen LogP contribution in [-0.4, -0.2) is 17.0 Å². The Morgan fingerprint density at radius 2 is 2.24 bits per heavy atom. The molecule has 0 radical (unpaired) electrons. The highest BCUT2D eigenvalue weighted by atomic mass is 79.9. The topological polar surface area (TPSA) is 37.8 Å². The number of pyridine rings is 1. The average Bonchev–Trinajstić information content (AvgIpc) is 2.73. The summed E-state index contributed by atoms with van der Waals surface area (Å²) in [7, 11) is 1.98. The molecule has 0 aliphatic carbocycles. The number of nitrogens with zero attached hydrogens (tertiary/aromatic N) is 2. The molecule has 2 rings (SSSR count). The van der Waals surface area contributed by atoms with Gasteiger partial charge in [-0.3, -0.25) is 4.98 Å². The van der Waals surface area contributed by atoms with Crippen LogP contribution in [0.2, 0.25) is 0 Å². The van der Waals surface area contributed by atoms with Crippen molar-refractivity contribution in [3.63, 3.8) is 0 Å². The van der Waals surface area contributed by atoms with Crippen LogP contribution in [0.3, 0.4) is 0 Å². The van der Waals surface area contributed by atoms with Gasteiger partial charge in [0, 0.05) is 34.0 Å². The first-order valence-electron chi connectivity index (χ1n) is 5.38. The fraction of sp³-hybridized carbons (Fsp3) is 0.333. The Bertz CT molecular complexity index is 498. The molecule has 2 aromatic rings. The molecule has 0 saturated carbocycles. The van der Waals surface area contributed by atoms with E-state index in [0.29, 0.717) is 6.04 Å². The first kappa shape index (κ1) is 12.7. The van der Waals surface area contributed by atoms with Gasteiger partial charge in [0.1, 0.15) is 0 Å². The molecule has 0 aliphatic rings. The third kappa shape index (κ3) is 3.34. The van der Waals surface area contributed by atoms with Crippen LogP contribution >= 0.6 is 27.3 Å². The lowest BCUT2D eigenvalue weighted by Gasteiger charge is -2.13. The van der Waals surface area contributed by atoms with Crippen LogP contribution in [0.15, 0.2) is 29.1 Å². The van der Waals surface area contributed by atoms with Gasteiger partial charge in [-0.2, -0.15) is 0 Å². The van der Waals surface area contributed by atoms with E-state index in [-0.39, 0.29) is 0 Å². The molecule has 0 aliphatic heterocycles. The van der Waals surface area contributed by atoms with E-state index in [4.69, 9.17) is 0 Å². The highest BCUT2D eigenvalue weighted by molar-refractivity contribution is 9.10. The van der Waals surface area contributed by atoms with Gasteiger partial charge in [-0.1, -0.05) is 0 Å². The van der Waals surface area contributed by atoms with Gasteiger partial charge in [-0.25, -0.2) is 4.98 Å². The van der Waals surface area contributed by atoms with E-state index in [1.54, 1.807) is 17.5 Å². The van der Waals surface area contributed by atoms with Crippen molar-refractivity contribution >= 4 is 27.3 Å². The van der Waals surface area contributed by atoms with Crippen molar-refractivity contribution in [2.24, 2.45) is 0 Å². The molecule has 5 heteroatoms. The molecular weight excluding hydrogens is 298 g/mol. The maximum Gasteiger partial charge on any atom is 0.0897 e. The lowest BCUT2D eigenvalue weighted by molar-refractivity contribution is 0.600. The first-order chi connectivity index (χ1) is 8.19. The van der Waals surface area contributed by atoms with Gasteiger partial charge in [-0.05, 0) is 48.0 Å². The Morgan fingerprint density at radius 1 is 1.41 bits per heavy atom. The van der Waals surface area contributed by atoms with Crippen molar-refractivity contribution < 1.29 is 0 Å². The van der Waals surface area contributed by atoms with E-state index in [0.717, 1.165) is 15.9 Å². The second-order valence-corrected chi connectivity index (χ2v) is 6.02. The van der Waals surface area contributed by atoms with E-state index in [9.17, 15) is 0 Å². The molecule has 3 nitrogen and oxygen atoms in total. The summed E-state index contributed by atoms with van der Waals surface area (Å²) >= 11 is 5.18. The Balaban J connectivity index is 2.15. The average molecular weight is 312 g/mol. The van der Waals surface area contributed by atoms with E-state index in [1.807, 2.05) is 26.4 Å². The minimum atomic E-state index is 0.303. The molecule has 17 heavy (non-hydrogen) atoms. The number of halogens is 1. The minimum absolute atomic E-state index is 0.303. The molecule has 2 aromatic heterocycles. The number of likely N-dealkylation sites (N-methyl/N-ethyl adjacent to an activating group) is 1. The summed E-state index contributed by atoms with van der Waals surface area (Å²) in [4.78, 5) is 9.75. The third-order valence-electron chi connectivity index (χ3n) is 2.53. The Labute approximate surface area is 113 Å². The summed E-state index contributed by atoms with van der Waals surface area (Å²) in [6, 6.07) is 2.41. The van der Waals surface area contributed by atoms with Crippen LogP contribution in [0.4, 0.5) is 0 Å². The second-order valence-electron chi connectivity index (χ2n) is 3.84. The molecule has 90 valence electrons. The molecule has 0 aromatic carbocycles. The molecule has 0 bridgehead atoms. The molecular formula is C12H14BrN3S. The monoisotopic (exact) mass is 311 g/mol. The van der Waals surface area contributed by atoms with Crippen LogP contribution in [-0.2, 0) is 6.42 Å². The number of aromatic nitrogens is 2. The standard InChI is InChI=1S/C12H14BrN3S/c1-8-16-7-12(17-8)11(14-2)4-9-3-10(13)6-15-5-9/h3,5-7,11,14H,4H2,1-2H3. The van der Waals surface area contributed by atoms with Crippen LogP contribution < -0.4 is 5.32 Å². The van der Waals surface area contributed by atoms with Gasteiger partial charge in [0.05, 0.1) is 5.01 Å². The van der Waals surface area contributed by atoms with Gasteiger partial charge < -0.3 is 5.32 Å². The number of hydrogen-bond donors (Lipinski definition) is 1. The molecule has 0 fully saturated rings. The molecule has 1 N–H and O–H groups in total. The Hall–Kier alpha value is -0.780. The van der Waals surface area contributed by atoms with Gasteiger partial charge in [0.25, 0.3) is 0 Å². The lowest BCUT2D eigenvalue weighted by Crippen LogP contribution is -2.17. The first-order valence-corrected chi connectivity index (χ1v) is 6.99. The van der Waals surface area contributed by atoms with Crippen molar-refractivity contribution in [2.45, 2.75) is 19.4 Å². The van der Waals surface area contributed by atoms with Crippen LogP contribution in [0.25, 0.3) is 0 Å². The number of thiazole rings is 1. The smallest absolute Gasteiger partial charge is 0.0897 e. The van der Waals surface area contributed by atoms with Crippen LogP contribution in [0.1, 0.15) is 21.5 Å². The predicted molar refractivity (Wildman–Crippen MR) is 74.3 cm³/mol. The quantitative estimate of drug-likeness (QED) is 0.942. The maximum atomic E-state index is 4.30. The number of rotatable bonds is 4. The minimum Gasteiger partial charge on any atom is -0.312 e. The Kier molecular flexibility index (Phi) is 4.25. The van der Waals surface area contributed by atoms with E-state index < -0.39 is 0 Å². The van der Waals surface area contributed by atoms with Gasteiger partial charge >= 0.3 is 0 Å². The summed E-state index contributed by atoms with van der Waals surface area (Å²) in [5.41, 5.74) is 1.21. The van der Waals surface area contributed by atoms with Crippen LogP contribution in [0, 0.1) is 6.92 Å². The van der Waals surface area contributed by atoms with E-state index >= 15 is 0 Å². The number of aryl methyl sites for hydroxylation is 1. The zero-order valence-corrected chi connectivity index (χ0v) is 12.2. The van der Waals surface area contributed by atoms with Crippen molar-refractivity contribution in [1.82, 2.24) is 15.3 Å². The fourth-order valence-corrected chi connectivity index (χ4v) is 2.99. The fourth-order valence-electron chi connectivity index (χ4n) is 1.69. The van der Waals surface area contributed by atoms with Crippen molar-refractivity contribution in [2.75, 3.05) is 7.05 Å². The highest BCUT2D eigenvalue weighted by Crippen LogP contribution is 2.24. The number of nitrogens with one attached hydrogen (secondary N) is 1. The van der Waals surface area contributed by atoms with Gasteiger partial charge in [0.15, 0.2) is 0 Å². The van der Waals surface area contributed by atoms with E-state index in [1.165, 1.54) is 10.4 Å². The Morgan fingerprint density at radius 3 is 2.82 bits per heavy atom. The summed E-state index contributed by atoms with van der Waals surface area (Å²) in [6.07, 6.45) is 6.58. The van der Waals surface area contributed by atoms with Crippen molar-refractivity contribution in [3.05, 3.63) is 44.6 Å². The summed E-state index contributed by atoms with van der Waals surface area (Å²) in [5.74, 6) is 0. The molecule has 1 atom stereocenters. The van der Waals surface area contributed by atoms with E-state index in [2.05, 4.69) is 37.3 Å². The molecule has 1 unspecified atom stereocenters. The third-order valence-corrected chi connectivity index (χ3v) is 3.99. The van der Waals surface area contributed by atoms with Gasteiger partial charge in [-0.15, -0.1) is 11.3 Å². The predicted octanol–water partition coefficient (Wildman–Crippen LogP) is 3.11. The van der Waals surface area contributed by atoms with Crippen LogP contribution in [0.5, 0.6) is 0 Å². The molecule has 0 spiro atoms. The van der Waals surface area contributed by atoms with Gasteiger partial charge in [0.2, 0.25) is 0 Å². The largest absolute Gasteiger partial charge is 0.312 e. The van der Waals surface area contributed by atoms with Crippen molar-refractivity contribution in [1.29, 1.82) is 0 Å². The zero-order valence-electron chi connectivity index (χ0n) is 9.77. The zero-order chi connectivity index (χ0) is 12.3. The summed E-state index contributed by atoms with van der Waals surface area (Å²) < 4.78 is 1.02.